The molecule has 0 saturated heterocycles. The topological polar surface area (TPSA) is 38.3 Å². The van der Waals surface area contributed by atoms with Gasteiger partial charge in [0.1, 0.15) is 0 Å². The first-order valence-corrected chi connectivity index (χ1v) is 7.35. The number of carbonyl (C=O) groups is 1. The summed E-state index contributed by atoms with van der Waals surface area (Å²) in [7, 11) is 0. The molecule has 0 fully saturated rings. The number of alkyl halides is 1. The van der Waals surface area contributed by atoms with E-state index in [1.165, 1.54) is 0 Å². The summed E-state index contributed by atoms with van der Waals surface area (Å²) in [4.78, 5) is 11.5. The molecule has 1 rings (SSSR count). The van der Waals surface area contributed by atoms with Crippen LogP contribution in [0.1, 0.15) is 13.3 Å². The predicted molar refractivity (Wildman–Crippen MR) is 77.4 cm³/mol. The Bertz CT molecular complexity index is 413. The minimum absolute atomic E-state index is 0.0861. The minimum atomic E-state index is -0.0861. The monoisotopic (exact) mass is 383 g/mol. The maximum absolute atomic E-state index is 11.5. The highest BCUT2D eigenvalue weighted by Gasteiger charge is 2.12. The van der Waals surface area contributed by atoms with Crippen molar-refractivity contribution in [2.45, 2.75) is 13.3 Å². The fraction of sp³-hybridized carbons (Fsp3) is 0.364. The fourth-order valence-corrected chi connectivity index (χ4v) is 2.53. The van der Waals surface area contributed by atoms with Gasteiger partial charge in [-0.3, -0.25) is 4.79 Å². The molecule has 0 unspecified atom stereocenters. The van der Waals surface area contributed by atoms with E-state index in [4.69, 9.17) is 16.3 Å². The molecule has 6 heteroatoms. The summed E-state index contributed by atoms with van der Waals surface area (Å²) in [5.41, 5.74) is 0.581. The minimum Gasteiger partial charge on any atom is -0.491 e. The highest BCUT2D eigenvalue weighted by Crippen LogP contribution is 2.36. The zero-order chi connectivity index (χ0) is 12.8. The Morgan fingerprint density at radius 2 is 2.24 bits per heavy atom. The Kier molecular flexibility index (Phi) is 6.30. The van der Waals surface area contributed by atoms with Crippen molar-refractivity contribution < 1.29 is 9.53 Å². The van der Waals surface area contributed by atoms with Crippen LogP contribution in [0.15, 0.2) is 16.6 Å². The Morgan fingerprint density at radius 3 is 2.82 bits per heavy atom. The van der Waals surface area contributed by atoms with E-state index in [1.54, 1.807) is 12.1 Å². The average molecular weight is 385 g/mol. The van der Waals surface area contributed by atoms with Crippen LogP contribution < -0.4 is 10.1 Å². The number of nitrogens with one attached hydrogen (secondary N) is 1. The SMILES string of the molecule is CCOc1c(Br)cc(Cl)cc1NC(=O)CCBr. The summed E-state index contributed by atoms with van der Waals surface area (Å²) >= 11 is 12.5. The van der Waals surface area contributed by atoms with Crippen LogP contribution in [0.4, 0.5) is 5.69 Å². The molecule has 0 radical (unpaired) electrons. The molecule has 0 bridgehead atoms. The number of amides is 1. The van der Waals surface area contributed by atoms with Crippen molar-refractivity contribution in [3.8, 4) is 5.75 Å². The van der Waals surface area contributed by atoms with Crippen molar-refractivity contribution in [1.29, 1.82) is 0 Å². The van der Waals surface area contributed by atoms with Gasteiger partial charge in [0, 0.05) is 16.8 Å². The third kappa shape index (κ3) is 4.48. The van der Waals surface area contributed by atoms with Gasteiger partial charge in [-0.15, -0.1) is 0 Å². The van der Waals surface area contributed by atoms with Crippen LogP contribution in [0.2, 0.25) is 5.02 Å². The molecule has 0 heterocycles. The number of rotatable bonds is 5. The van der Waals surface area contributed by atoms with Gasteiger partial charge < -0.3 is 10.1 Å². The molecule has 1 aromatic carbocycles. The number of carbonyl (C=O) groups excluding carboxylic acids is 1. The lowest BCUT2D eigenvalue weighted by Gasteiger charge is -2.13. The zero-order valence-corrected chi connectivity index (χ0v) is 13.2. The van der Waals surface area contributed by atoms with E-state index in [0.717, 1.165) is 4.47 Å². The number of benzene rings is 1. The van der Waals surface area contributed by atoms with Crippen LogP contribution >= 0.6 is 43.5 Å². The van der Waals surface area contributed by atoms with E-state index in [-0.39, 0.29) is 5.91 Å². The summed E-state index contributed by atoms with van der Waals surface area (Å²) in [6.07, 6.45) is 0.399. The smallest absolute Gasteiger partial charge is 0.225 e. The number of hydrogen-bond donors (Lipinski definition) is 1. The lowest BCUT2D eigenvalue weighted by Crippen LogP contribution is -2.13. The van der Waals surface area contributed by atoms with Crippen molar-refractivity contribution in [1.82, 2.24) is 0 Å². The normalized spacial score (nSPS) is 10.1. The van der Waals surface area contributed by atoms with E-state index in [1.807, 2.05) is 6.92 Å². The number of anilines is 1. The molecule has 1 aromatic rings. The third-order valence-electron chi connectivity index (χ3n) is 1.89. The van der Waals surface area contributed by atoms with Crippen LogP contribution in [-0.4, -0.2) is 17.8 Å². The van der Waals surface area contributed by atoms with Gasteiger partial charge in [0.15, 0.2) is 5.75 Å². The summed E-state index contributed by atoms with van der Waals surface area (Å²) in [5.74, 6) is 0.511. The first-order chi connectivity index (χ1) is 8.08. The summed E-state index contributed by atoms with van der Waals surface area (Å²) in [5, 5.41) is 3.92. The molecule has 0 aliphatic carbocycles. The maximum Gasteiger partial charge on any atom is 0.225 e. The van der Waals surface area contributed by atoms with E-state index < -0.39 is 0 Å². The lowest BCUT2D eigenvalue weighted by atomic mass is 10.2. The second kappa shape index (κ2) is 7.24. The summed E-state index contributed by atoms with van der Waals surface area (Å²) in [6, 6.07) is 3.40. The summed E-state index contributed by atoms with van der Waals surface area (Å²) < 4.78 is 6.19. The first-order valence-electron chi connectivity index (χ1n) is 5.06. The molecular formula is C11H12Br2ClNO2. The Balaban J connectivity index is 2.98. The largest absolute Gasteiger partial charge is 0.491 e. The van der Waals surface area contributed by atoms with Gasteiger partial charge >= 0.3 is 0 Å². The second-order valence-electron chi connectivity index (χ2n) is 3.18. The Labute approximate surface area is 122 Å². The second-order valence-corrected chi connectivity index (χ2v) is 5.27. The number of hydrogen-bond acceptors (Lipinski definition) is 2. The van der Waals surface area contributed by atoms with Crippen molar-refractivity contribution in [3.63, 3.8) is 0 Å². The first kappa shape index (κ1) is 14.8. The molecule has 0 aliphatic heterocycles. The molecule has 3 nitrogen and oxygen atoms in total. The van der Waals surface area contributed by atoms with Gasteiger partial charge in [-0.2, -0.15) is 0 Å². The molecule has 0 saturated carbocycles. The highest BCUT2D eigenvalue weighted by atomic mass is 79.9. The van der Waals surface area contributed by atoms with Crippen LogP contribution in [0, 0.1) is 0 Å². The molecule has 1 N–H and O–H groups in total. The summed E-state index contributed by atoms with van der Waals surface area (Å²) in [6.45, 7) is 2.40. The van der Waals surface area contributed by atoms with Gasteiger partial charge in [-0.25, -0.2) is 0 Å². The molecule has 0 aromatic heterocycles. The molecule has 0 atom stereocenters. The van der Waals surface area contributed by atoms with Gasteiger partial charge in [0.25, 0.3) is 0 Å². The Morgan fingerprint density at radius 1 is 1.53 bits per heavy atom. The lowest BCUT2D eigenvalue weighted by molar-refractivity contribution is -0.115. The van der Waals surface area contributed by atoms with Crippen LogP contribution in [0.3, 0.4) is 0 Å². The van der Waals surface area contributed by atoms with Gasteiger partial charge in [0.05, 0.1) is 16.8 Å². The number of ether oxygens (including phenoxy) is 1. The zero-order valence-electron chi connectivity index (χ0n) is 9.23. The quantitative estimate of drug-likeness (QED) is 0.771. The fourth-order valence-electron chi connectivity index (χ4n) is 1.24. The molecule has 94 valence electrons. The van der Waals surface area contributed by atoms with Crippen LogP contribution in [0.25, 0.3) is 0 Å². The highest BCUT2D eigenvalue weighted by molar-refractivity contribution is 9.10. The predicted octanol–water partition coefficient (Wildman–Crippen LogP) is 4.22. The van der Waals surface area contributed by atoms with Crippen molar-refractivity contribution >= 4 is 55.1 Å². The maximum atomic E-state index is 11.5. The van der Waals surface area contributed by atoms with E-state index in [9.17, 15) is 4.79 Å². The van der Waals surface area contributed by atoms with Crippen LogP contribution in [0.5, 0.6) is 5.75 Å². The van der Waals surface area contributed by atoms with Crippen molar-refractivity contribution in [2.75, 3.05) is 17.3 Å². The van der Waals surface area contributed by atoms with Gasteiger partial charge in [0.2, 0.25) is 5.91 Å². The van der Waals surface area contributed by atoms with E-state index in [0.29, 0.717) is 34.8 Å². The molecule has 17 heavy (non-hydrogen) atoms. The Hall–Kier alpha value is -0.260. The van der Waals surface area contributed by atoms with Crippen molar-refractivity contribution in [3.05, 3.63) is 21.6 Å². The average Bonchev–Trinajstić information content (AvgIpc) is 2.23. The number of halogens is 3. The van der Waals surface area contributed by atoms with Crippen molar-refractivity contribution in [2.24, 2.45) is 0 Å². The standard InChI is InChI=1S/C11H12Br2ClNO2/c1-2-17-11-8(13)5-7(14)6-9(11)15-10(16)3-4-12/h5-6H,2-4H2,1H3,(H,15,16). The third-order valence-corrected chi connectivity index (χ3v) is 3.10. The molecule has 0 aliphatic rings. The van der Waals surface area contributed by atoms with Gasteiger partial charge in [-0.05, 0) is 35.0 Å². The van der Waals surface area contributed by atoms with E-state index in [2.05, 4.69) is 37.2 Å². The molecular weight excluding hydrogens is 373 g/mol. The van der Waals surface area contributed by atoms with Gasteiger partial charge in [-0.1, -0.05) is 27.5 Å². The van der Waals surface area contributed by atoms with E-state index >= 15 is 0 Å². The molecule has 1 amide bonds. The molecule has 0 spiro atoms. The van der Waals surface area contributed by atoms with Crippen LogP contribution in [-0.2, 0) is 4.79 Å².